The first kappa shape index (κ1) is 24.0. The summed E-state index contributed by atoms with van der Waals surface area (Å²) in [6.07, 6.45) is 1.92. The lowest BCUT2D eigenvalue weighted by Gasteiger charge is -2.22. The molecule has 10 heteroatoms. The Morgan fingerprint density at radius 3 is 2.21 bits per heavy atom. The van der Waals surface area contributed by atoms with Gasteiger partial charge in [0.05, 0.1) is 5.25 Å². The molecule has 0 spiro atoms. The Morgan fingerprint density at radius 1 is 1.06 bits per heavy atom. The molecule has 1 N–H and O–H groups in total. The third-order valence-corrected chi connectivity index (χ3v) is 8.69. The van der Waals surface area contributed by atoms with E-state index in [9.17, 15) is 13.2 Å². The summed E-state index contributed by atoms with van der Waals surface area (Å²) in [4.78, 5) is 20.0. The second-order valence-electron chi connectivity index (χ2n) is 8.00. The zero-order chi connectivity index (χ0) is 23.6. The Labute approximate surface area is 207 Å². The number of carbonyl (C=O) groups is 1. The second-order valence-corrected chi connectivity index (χ2v) is 12.0. The molecular formula is C23H23Cl2N3O3S2. The highest BCUT2D eigenvalue weighted by atomic mass is 35.5. The van der Waals surface area contributed by atoms with Gasteiger partial charge in [0.1, 0.15) is 5.69 Å². The number of carbonyl (C=O) groups excluding carboxylic acids is 1. The quantitative estimate of drug-likeness (QED) is 0.415. The van der Waals surface area contributed by atoms with Crippen LogP contribution in [0.15, 0.2) is 48.5 Å². The second kappa shape index (κ2) is 10.0. The van der Waals surface area contributed by atoms with Crippen molar-refractivity contribution in [1.82, 2.24) is 9.71 Å². The molecule has 0 unspecified atom stereocenters. The highest BCUT2D eigenvalue weighted by Crippen LogP contribution is 2.30. The summed E-state index contributed by atoms with van der Waals surface area (Å²) in [5.41, 5.74) is 2.32. The van der Waals surface area contributed by atoms with Gasteiger partial charge in [-0.15, -0.1) is 11.3 Å². The van der Waals surface area contributed by atoms with E-state index < -0.39 is 21.2 Å². The van der Waals surface area contributed by atoms with Crippen LogP contribution >= 0.6 is 34.5 Å². The molecule has 0 bridgehead atoms. The van der Waals surface area contributed by atoms with Crippen LogP contribution in [0.4, 0.5) is 5.13 Å². The van der Waals surface area contributed by atoms with Crippen LogP contribution in [-0.4, -0.2) is 31.1 Å². The van der Waals surface area contributed by atoms with Gasteiger partial charge in [-0.05, 0) is 61.6 Å². The molecule has 0 saturated heterocycles. The van der Waals surface area contributed by atoms with Crippen LogP contribution in [0.2, 0.25) is 10.0 Å². The normalized spacial score (nSPS) is 13.7. The van der Waals surface area contributed by atoms with Crippen LogP contribution in [-0.2, 0) is 23.0 Å². The first-order valence-electron chi connectivity index (χ1n) is 10.5. The first-order valence-corrected chi connectivity index (χ1v) is 13.6. The lowest BCUT2D eigenvalue weighted by atomic mass is 10.1. The van der Waals surface area contributed by atoms with Gasteiger partial charge in [-0.3, -0.25) is 4.79 Å². The molecule has 174 valence electrons. The van der Waals surface area contributed by atoms with Crippen molar-refractivity contribution in [2.75, 3.05) is 11.4 Å². The van der Waals surface area contributed by atoms with Gasteiger partial charge >= 0.3 is 0 Å². The zero-order valence-electron chi connectivity index (χ0n) is 17.9. The van der Waals surface area contributed by atoms with Gasteiger partial charge in [0, 0.05) is 28.0 Å². The number of thiazole rings is 1. The standard InChI is InChI=1S/C23H23Cl2N3O3S2/c1-15-21(22(29)27-33(30,31)20-10-11-20)26-23(32-15)28(14-17-4-8-19(25)9-5-17)13-12-16-2-6-18(24)7-3-16/h2-9,20H,10-14H2,1H3,(H,27,29). The minimum atomic E-state index is -3.64. The fourth-order valence-electron chi connectivity index (χ4n) is 3.34. The fourth-order valence-corrected chi connectivity index (χ4v) is 5.80. The van der Waals surface area contributed by atoms with Gasteiger partial charge in [0.2, 0.25) is 10.0 Å². The maximum absolute atomic E-state index is 12.7. The monoisotopic (exact) mass is 523 g/mol. The molecule has 4 rings (SSSR count). The number of benzene rings is 2. The van der Waals surface area contributed by atoms with Crippen molar-refractivity contribution in [3.8, 4) is 0 Å². The number of aryl methyl sites for hydroxylation is 1. The molecule has 3 aromatic rings. The van der Waals surface area contributed by atoms with E-state index in [2.05, 4.69) is 14.6 Å². The largest absolute Gasteiger partial charge is 0.343 e. The van der Waals surface area contributed by atoms with Crippen molar-refractivity contribution >= 4 is 55.6 Å². The average Bonchev–Trinajstić information content (AvgIpc) is 3.56. The van der Waals surface area contributed by atoms with Crippen molar-refractivity contribution in [1.29, 1.82) is 0 Å². The third kappa shape index (κ3) is 6.26. The maximum Gasteiger partial charge on any atom is 0.284 e. The predicted molar refractivity (Wildman–Crippen MR) is 134 cm³/mol. The number of sulfonamides is 1. The van der Waals surface area contributed by atoms with E-state index in [1.165, 1.54) is 11.3 Å². The summed E-state index contributed by atoms with van der Waals surface area (Å²) >= 11 is 13.4. The van der Waals surface area contributed by atoms with Crippen LogP contribution in [0.5, 0.6) is 0 Å². The maximum atomic E-state index is 12.7. The molecule has 1 aromatic heterocycles. The highest BCUT2D eigenvalue weighted by Gasteiger charge is 2.37. The average molecular weight is 524 g/mol. The van der Waals surface area contributed by atoms with Crippen molar-refractivity contribution in [2.45, 2.75) is 38.0 Å². The lowest BCUT2D eigenvalue weighted by Crippen LogP contribution is -2.34. The summed E-state index contributed by atoms with van der Waals surface area (Å²) in [7, 11) is -3.64. The summed E-state index contributed by atoms with van der Waals surface area (Å²) in [5.74, 6) is -0.675. The number of anilines is 1. The van der Waals surface area contributed by atoms with E-state index >= 15 is 0 Å². The Bertz CT molecular complexity index is 1240. The minimum Gasteiger partial charge on any atom is -0.343 e. The van der Waals surface area contributed by atoms with E-state index in [1.54, 1.807) is 6.92 Å². The Balaban J connectivity index is 1.55. The number of aromatic nitrogens is 1. The molecule has 0 radical (unpaired) electrons. The highest BCUT2D eigenvalue weighted by molar-refractivity contribution is 7.91. The summed E-state index contributed by atoms with van der Waals surface area (Å²) < 4.78 is 26.6. The lowest BCUT2D eigenvalue weighted by molar-refractivity contribution is 0.0976. The molecule has 1 heterocycles. The number of hydrogen-bond donors (Lipinski definition) is 1. The van der Waals surface area contributed by atoms with E-state index in [1.807, 2.05) is 48.5 Å². The van der Waals surface area contributed by atoms with Crippen LogP contribution in [0.1, 0.15) is 39.3 Å². The molecule has 1 aliphatic rings. The molecule has 2 aromatic carbocycles. The Morgan fingerprint density at radius 2 is 1.64 bits per heavy atom. The van der Waals surface area contributed by atoms with Gasteiger partial charge < -0.3 is 4.90 Å². The molecule has 1 aliphatic carbocycles. The summed E-state index contributed by atoms with van der Waals surface area (Å²) in [6, 6.07) is 15.3. The molecule has 0 aliphatic heterocycles. The number of nitrogens with one attached hydrogen (secondary N) is 1. The van der Waals surface area contributed by atoms with Gasteiger partial charge in [0.15, 0.2) is 5.13 Å². The first-order chi connectivity index (χ1) is 15.7. The smallest absolute Gasteiger partial charge is 0.284 e. The number of amides is 1. The number of hydrogen-bond acceptors (Lipinski definition) is 6. The molecule has 6 nitrogen and oxygen atoms in total. The van der Waals surface area contributed by atoms with Crippen LogP contribution in [0.25, 0.3) is 0 Å². The van der Waals surface area contributed by atoms with E-state index in [0.29, 0.717) is 46.0 Å². The predicted octanol–water partition coefficient (Wildman–Crippen LogP) is 5.23. The van der Waals surface area contributed by atoms with E-state index in [-0.39, 0.29) is 5.69 Å². The summed E-state index contributed by atoms with van der Waals surface area (Å²) in [5, 5.41) is 1.53. The molecule has 1 amide bonds. The zero-order valence-corrected chi connectivity index (χ0v) is 21.1. The van der Waals surface area contributed by atoms with Crippen LogP contribution < -0.4 is 9.62 Å². The SMILES string of the molecule is Cc1sc(N(CCc2ccc(Cl)cc2)Cc2ccc(Cl)cc2)nc1C(=O)NS(=O)(=O)C1CC1. The molecule has 0 atom stereocenters. The summed E-state index contributed by atoms with van der Waals surface area (Å²) in [6.45, 7) is 3.00. The van der Waals surface area contributed by atoms with Crippen LogP contribution in [0, 0.1) is 6.92 Å². The Hall–Kier alpha value is -2.13. The van der Waals surface area contributed by atoms with Gasteiger partial charge in [0.25, 0.3) is 5.91 Å². The van der Waals surface area contributed by atoms with Crippen molar-refractivity contribution < 1.29 is 13.2 Å². The topological polar surface area (TPSA) is 79.4 Å². The molecule has 33 heavy (non-hydrogen) atoms. The van der Waals surface area contributed by atoms with Crippen molar-refractivity contribution in [2.24, 2.45) is 0 Å². The van der Waals surface area contributed by atoms with E-state index in [4.69, 9.17) is 23.2 Å². The van der Waals surface area contributed by atoms with Crippen molar-refractivity contribution in [3.05, 3.63) is 80.3 Å². The van der Waals surface area contributed by atoms with Gasteiger partial charge in [-0.25, -0.2) is 18.1 Å². The minimum absolute atomic E-state index is 0.145. The number of halogens is 2. The molecule has 1 saturated carbocycles. The van der Waals surface area contributed by atoms with Crippen LogP contribution in [0.3, 0.4) is 0 Å². The van der Waals surface area contributed by atoms with Crippen molar-refractivity contribution in [3.63, 3.8) is 0 Å². The Kier molecular flexibility index (Phi) is 7.28. The molecule has 1 fully saturated rings. The van der Waals surface area contributed by atoms with Gasteiger partial charge in [-0.2, -0.15) is 0 Å². The van der Waals surface area contributed by atoms with E-state index in [0.717, 1.165) is 17.5 Å². The molecular weight excluding hydrogens is 501 g/mol. The fraction of sp³-hybridized carbons (Fsp3) is 0.304. The van der Waals surface area contributed by atoms with Gasteiger partial charge in [-0.1, -0.05) is 47.5 Å². The third-order valence-electron chi connectivity index (χ3n) is 5.34. The number of rotatable bonds is 9. The number of nitrogens with zero attached hydrogens (tertiary/aromatic N) is 2.